The Kier molecular flexibility index (Phi) is 4.40. The fourth-order valence-corrected chi connectivity index (χ4v) is 2.31. The lowest BCUT2D eigenvalue weighted by molar-refractivity contribution is 0.243. The van der Waals surface area contributed by atoms with Gasteiger partial charge in [0.1, 0.15) is 0 Å². The third-order valence-corrected chi connectivity index (χ3v) is 7.32. The summed E-state index contributed by atoms with van der Waals surface area (Å²) in [5.41, 5.74) is 0. The van der Waals surface area contributed by atoms with E-state index in [1.807, 2.05) is 6.92 Å². The highest BCUT2D eigenvalue weighted by molar-refractivity contribution is 6.74. The molecule has 0 spiro atoms. The van der Waals surface area contributed by atoms with Crippen LogP contribution in [0, 0.1) is 0 Å². The van der Waals surface area contributed by atoms with Gasteiger partial charge >= 0.3 is 0 Å². The molecule has 0 bridgehead atoms. The lowest BCUT2D eigenvalue weighted by Crippen LogP contribution is -2.42. The van der Waals surface area contributed by atoms with Crippen LogP contribution in [0.5, 0.6) is 0 Å². The van der Waals surface area contributed by atoms with Gasteiger partial charge in [-0.3, -0.25) is 0 Å². The Balaban J connectivity index is 4.33. The molecule has 1 atom stereocenters. The van der Waals surface area contributed by atoms with Crippen LogP contribution in [0.1, 0.15) is 34.6 Å². The molecule has 0 fully saturated rings. The maximum absolute atomic E-state index is 6.09. The molecule has 13 heavy (non-hydrogen) atoms. The molecule has 0 aromatic rings. The molecule has 0 saturated heterocycles. The van der Waals surface area contributed by atoms with Crippen molar-refractivity contribution in [2.24, 2.45) is 0 Å². The molecular weight excluding hydrogens is 176 g/mol. The zero-order chi connectivity index (χ0) is 10.7. The van der Waals surface area contributed by atoms with Gasteiger partial charge in [0.25, 0.3) is 0 Å². The van der Waals surface area contributed by atoms with Crippen molar-refractivity contribution in [3.05, 3.63) is 12.2 Å². The van der Waals surface area contributed by atoms with Crippen LogP contribution in [0.2, 0.25) is 18.1 Å². The minimum absolute atomic E-state index is 0.255. The van der Waals surface area contributed by atoms with Gasteiger partial charge in [0, 0.05) is 0 Å². The minimum Gasteiger partial charge on any atom is -0.411 e. The van der Waals surface area contributed by atoms with Crippen LogP contribution in [0.25, 0.3) is 0 Å². The molecule has 0 rings (SSSR count). The second kappa shape index (κ2) is 4.42. The van der Waals surface area contributed by atoms with Crippen LogP contribution < -0.4 is 0 Å². The van der Waals surface area contributed by atoms with Crippen molar-refractivity contribution in [3.63, 3.8) is 0 Å². The number of hydrogen-bond donors (Lipinski definition) is 0. The topological polar surface area (TPSA) is 9.23 Å². The molecule has 0 N–H and O–H groups in total. The van der Waals surface area contributed by atoms with Gasteiger partial charge in [-0.2, -0.15) is 0 Å². The molecule has 0 amide bonds. The smallest absolute Gasteiger partial charge is 0.192 e. The number of allylic oxidation sites excluding steroid dienone is 1. The first-order chi connectivity index (χ1) is 5.70. The molecule has 0 aromatic carbocycles. The summed E-state index contributed by atoms with van der Waals surface area (Å²) < 4.78 is 6.09. The Labute approximate surface area is 84.3 Å². The highest BCUT2D eigenvalue weighted by atomic mass is 28.4. The van der Waals surface area contributed by atoms with Crippen LogP contribution in [0.4, 0.5) is 0 Å². The van der Waals surface area contributed by atoms with Crippen LogP contribution in [-0.4, -0.2) is 14.4 Å². The second-order valence-corrected chi connectivity index (χ2v) is 9.87. The first-order valence-electron chi connectivity index (χ1n) is 5.01. The van der Waals surface area contributed by atoms with E-state index in [1.54, 1.807) is 0 Å². The third kappa shape index (κ3) is 4.10. The highest BCUT2D eigenvalue weighted by Crippen LogP contribution is 2.37. The maximum atomic E-state index is 6.09. The molecule has 0 aliphatic heterocycles. The van der Waals surface area contributed by atoms with Crippen molar-refractivity contribution in [2.75, 3.05) is 0 Å². The van der Waals surface area contributed by atoms with E-state index < -0.39 is 8.32 Å². The average molecular weight is 200 g/mol. The quantitative estimate of drug-likeness (QED) is 0.495. The lowest BCUT2D eigenvalue weighted by Gasteiger charge is -2.37. The van der Waals surface area contributed by atoms with Gasteiger partial charge in [-0.05, 0) is 32.0 Å². The van der Waals surface area contributed by atoms with Gasteiger partial charge in [-0.25, -0.2) is 0 Å². The van der Waals surface area contributed by atoms with E-state index >= 15 is 0 Å². The molecular formula is C11H24OSi. The predicted octanol–water partition coefficient (Wildman–Crippen LogP) is 3.97. The molecule has 1 unspecified atom stereocenters. The number of rotatable bonds is 3. The molecule has 78 valence electrons. The van der Waals surface area contributed by atoms with Crippen molar-refractivity contribution in [1.29, 1.82) is 0 Å². The maximum Gasteiger partial charge on any atom is 0.192 e. The monoisotopic (exact) mass is 200 g/mol. The Bertz CT molecular complexity index is 177. The number of hydrogen-bond acceptors (Lipinski definition) is 1. The molecule has 0 saturated carbocycles. The van der Waals surface area contributed by atoms with E-state index in [9.17, 15) is 0 Å². The minimum atomic E-state index is -1.56. The van der Waals surface area contributed by atoms with E-state index in [-0.39, 0.29) is 6.10 Å². The summed E-state index contributed by atoms with van der Waals surface area (Å²) in [5, 5.41) is 0.308. The van der Waals surface area contributed by atoms with Crippen LogP contribution in [-0.2, 0) is 4.43 Å². The summed E-state index contributed by atoms with van der Waals surface area (Å²) in [4.78, 5) is 0. The van der Waals surface area contributed by atoms with Gasteiger partial charge in [0.15, 0.2) is 8.32 Å². The zero-order valence-corrected chi connectivity index (χ0v) is 11.1. The van der Waals surface area contributed by atoms with Gasteiger partial charge in [0.2, 0.25) is 0 Å². The summed E-state index contributed by atoms with van der Waals surface area (Å²) in [6.45, 7) is 15.5. The first kappa shape index (κ1) is 12.9. The van der Waals surface area contributed by atoms with E-state index in [0.29, 0.717) is 5.04 Å². The molecule has 0 aromatic heterocycles. The van der Waals surface area contributed by atoms with Gasteiger partial charge in [-0.1, -0.05) is 32.9 Å². The SMILES string of the molecule is C/C=C/C(C)O[Si](C)(C)C(C)(C)C. The van der Waals surface area contributed by atoms with E-state index in [0.717, 1.165) is 0 Å². The van der Waals surface area contributed by atoms with Crippen molar-refractivity contribution in [2.45, 2.75) is 58.9 Å². The highest BCUT2D eigenvalue weighted by Gasteiger charge is 2.37. The second-order valence-electron chi connectivity index (χ2n) is 5.11. The summed E-state index contributed by atoms with van der Waals surface area (Å²) >= 11 is 0. The fraction of sp³-hybridized carbons (Fsp3) is 0.818. The van der Waals surface area contributed by atoms with Crippen molar-refractivity contribution >= 4 is 8.32 Å². The van der Waals surface area contributed by atoms with Gasteiger partial charge in [-0.15, -0.1) is 0 Å². The van der Waals surface area contributed by atoms with Gasteiger partial charge in [0.05, 0.1) is 6.10 Å². The molecule has 0 radical (unpaired) electrons. The van der Waals surface area contributed by atoms with Crippen molar-refractivity contribution in [1.82, 2.24) is 0 Å². The summed E-state index contributed by atoms with van der Waals surface area (Å²) in [6, 6.07) is 0. The molecule has 2 heteroatoms. The lowest BCUT2D eigenvalue weighted by atomic mass is 10.2. The standard InChI is InChI=1S/C11H24OSi/c1-8-9-10(2)12-13(6,7)11(3,4)5/h8-10H,1-7H3/b9-8+. The Morgan fingerprint density at radius 3 is 2.00 bits per heavy atom. The van der Waals surface area contributed by atoms with Crippen molar-refractivity contribution in [3.8, 4) is 0 Å². The van der Waals surface area contributed by atoms with Crippen LogP contribution in [0.15, 0.2) is 12.2 Å². The molecule has 0 aliphatic carbocycles. The average Bonchev–Trinajstić information content (AvgIpc) is 1.83. The predicted molar refractivity (Wildman–Crippen MR) is 62.6 cm³/mol. The first-order valence-corrected chi connectivity index (χ1v) is 7.92. The zero-order valence-electron chi connectivity index (χ0n) is 10.1. The third-order valence-electron chi connectivity index (χ3n) is 2.75. The molecule has 1 nitrogen and oxygen atoms in total. The fourth-order valence-electron chi connectivity index (χ4n) is 0.952. The van der Waals surface area contributed by atoms with E-state index in [2.05, 4.69) is 52.9 Å². The van der Waals surface area contributed by atoms with E-state index in [4.69, 9.17) is 4.43 Å². The normalized spacial score (nSPS) is 16.5. The Morgan fingerprint density at radius 1 is 1.23 bits per heavy atom. The van der Waals surface area contributed by atoms with Crippen LogP contribution in [0.3, 0.4) is 0 Å². The molecule has 0 heterocycles. The Morgan fingerprint density at radius 2 is 1.69 bits per heavy atom. The van der Waals surface area contributed by atoms with E-state index in [1.165, 1.54) is 0 Å². The largest absolute Gasteiger partial charge is 0.411 e. The Hall–Kier alpha value is -0.0831. The van der Waals surface area contributed by atoms with Crippen LogP contribution >= 0.6 is 0 Å². The van der Waals surface area contributed by atoms with Gasteiger partial charge < -0.3 is 4.43 Å². The summed E-state index contributed by atoms with van der Waals surface area (Å²) in [5.74, 6) is 0. The summed E-state index contributed by atoms with van der Waals surface area (Å²) in [6.07, 6.45) is 4.42. The van der Waals surface area contributed by atoms with Crippen molar-refractivity contribution < 1.29 is 4.43 Å². The molecule has 0 aliphatic rings. The summed E-state index contributed by atoms with van der Waals surface area (Å²) in [7, 11) is -1.56.